The van der Waals surface area contributed by atoms with Crippen molar-refractivity contribution in [1.29, 1.82) is 0 Å². The van der Waals surface area contributed by atoms with Gasteiger partial charge in [-0.1, -0.05) is 0 Å². The van der Waals surface area contributed by atoms with E-state index in [-0.39, 0.29) is 24.8 Å². The number of H-pyrrole nitrogens is 2. The number of pyridine rings is 1. The maximum Gasteiger partial charge on any atom is 0.397 e. The van der Waals surface area contributed by atoms with E-state index >= 15 is 0 Å². The van der Waals surface area contributed by atoms with Crippen LogP contribution in [0.4, 0.5) is 13.2 Å². The number of halogens is 3. The molecule has 0 aromatic carbocycles. The van der Waals surface area contributed by atoms with Gasteiger partial charge in [0.2, 0.25) is 5.91 Å². The third-order valence-electron chi connectivity index (χ3n) is 4.73. The molecule has 1 aliphatic heterocycles. The van der Waals surface area contributed by atoms with Crippen molar-refractivity contribution in [3.63, 3.8) is 0 Å². The van der Waals surface area contributed by atoms with Gasteiger partial charge in [-0.15, -0.1) is 0 Å². The van der Waals surface area contributed by atoms with Gasteiger partial charge in [-0.25, -0.2) is 9.78 Å². The topological polar surface area (TPSA) is 86.8 Å². The standard InChI is InChI=1S/C16H16F3N5O2/c17-16(18,19)6-12(25)23-5-1-2-9(8-23)24-13-10-3-4-20-14(10)21-7-11(13)22-15(24)26/h3-4,7,9H,1-2,5-6,8H2,(H,20,21)(H,22,26)/t9-/m1/s1. The number of rotatable bonds is 2. The van der Waals surface area contributed by atoms with Crippen LogP contribution in [0.15, 0.2) is 23.3 Å². The van der Waals surface area contributed by atoms with Crippen molar-refractivity contribution in [2.45, 2.75) is 31.5 Å². The first-order chi connectivity index (χ1) is 12.3. The second-order valence-corrected chi connectivity index (χ2v) is 6.49. The molecule has 1 atom stereocenters. The van der Waals surface area contributed by atoms with E-state index in [2.05, 4.69) is 15.0 Å². The fourth-order valence-corrected chi connectivity index (χ4v) is 3.65. The van der Waals surface area contributed by atoms with Gasteiger partial charge in [0.05, 0.1) is 23.3 Å². The van der Waals surface area contributed by atoms with Crippen molar-refractivity contribution in [2.24, 2.45) is 0 Å². The number of carbonyl (C=O) groups is 1. The monoisotopic (exact) mass is 367 g/mol. The Morgan fingerprint density at radius 1 is 1.38 bits per heavy atom. The second kappa shape index (κ2) is 5.89. The predicted molar refractivity (Wildman–Crippen MR) is 87.7 cm³/mol. The molecular formula is C16H16F3N5O2. The quantitative estimate of drug-likeness (QED) is 0.729. The van der Waals surface area contributed by atoms with E-state index in [0.29, 0.717) is 29.5 Å². The summed E-state index contributed by atoms with van der Waals surface area (Å²) in [6.45, 7) is 0.347. The highest BCUT2D eigenvalue weighted by molar-refractivity contribution is 6.00. The summed E-state index contributed by atoms with van der Waals surface area (Å²) in [7, 11) is 0. The molecule has 0 aliphatic carbocycles. The highest BCUT2D eigenvalue weighted by Crippen LogP contribution is 2.29. The highest BCUT2D eigenvalue weighted by Gasteiger charge is 2.35. The molecule has 3 aromatic heterocycles. The molecule has 10 heteroatoms. The highest BCUT2D eigenvalue weighted by atomic mass is 19.4. The Balaban J connectivity index is 1.71. The van der Waals surface area contributed by atoms with Crippen LogP contribution in [0, 0.1) is 0 Å². The maximum atomic E-state index is 12.5. The van der Waals surface area contributed by atoms with Gasteiger partial charge in [-0.2, -0.15) is 13.2 Å². The average Bonchev–Trinajstić information content (AvgIpc) is 3.16. The van der Waals surface area contributed by atoms with Crippen molar-refractivity contribution in [1.82, 2.24) is 24.4 Å². The number of nitrogens with zero attached hydrogens (tertiary/aromatic N) is 3. The molecule has 0 bridgehead atoms. The molecule has 4 rings (SSSR count). The number of piperidine rings is 1. The minimum absolute atomic E-state index is 0.0794. The lowest BCUT2D eigenvalue weighted by atomic mass is 10.0. The molecule has 1 saturated heterocycles. The summed E-state index contributed by atoms with van der Waals surface area (Å²) in [4.78, 5) is 35.6. The minimum atomic E-state index is -4.54. The number of aromatic nitrogens is 4. The lowest BCUT2D eigenvalue weighted by Gasteiger charge is -2.33. The molecular weight excluding hydrogens is 351 g/mol. The Hall–Kier alpha value is -2.78. The van der Waals surface area contributed by atoms with Crippen LogP contribution in [0.3, 0.4) is 0 Å². The van der Waals surface area contributed by atoms with Gasteiger partial charge < -0.3 is 14.9 Å². The van der Waals surface area contributed by atoms with E-state index in [1.807, 2.05) is 0 Å². The van der Waals surface area contributed by atoms with Crippen LogP contribution >= 0.6 is 0 Å². The number of hydrogen-bond acceptors (Lipinski definition) is 3. The molecule has 0 unspecified atom stereocenters. The second-order valence-electron chi connectivity index (χ2n) is 6.49. The zero-order valence-corrected chi connectivity index (χ0v) is 13.6. The molecule has 0 saturated carbocycles. The van der Waals surface area contributed by atoms with E-state index in [4.69, 9.17) is 0 Å². The first kappa shape index (κ1) is 16.7. The molecule has 3 aromatic rings. The summed E-state index contributed by atoms with van der Waals surface area (Å²) in [6.07, 6.45) is -1.62. The molecule has 7 nitrogen and oxygen atoms in total. The van der Waals surface area contributed by atoms with Crippen LogP contribution in [0.5, 0.6) is 0 Å². The molecule has 1 aliphatic rings. The Kier molecular flexibility index (Phi) is 3.78. The third kappa shape index (κ3) is 2.85. The van der Waals surface area contributed by atoms with Crippen molar-refractivity contribution < 1.29 is 18.0 Å². The number of fused-ring (bicyclic) bond motifs is 3. The van der Waals surface area contributed by atoms with Crippen molar-refractivity contribution in [3.8, 4) is 0 Å². The van der Waals surface area contributed by atoms with E-state index in [1.165, 1.54) is 4.90 Å². The van der Waals surface area contributed by atoms with Crippen molar-refractivity contribution >= 4 is 28.0 Å². The Bertz CT molecular complexity index is 1030. The summed E-state index contributed by atoms with van der Waals surface area (Å²) >= 11 is 0. The smallest absolute Gasteiger partial charge is 0.346 e. The fraction of sp³-hybridized carbons (Fsp3) is 0.438. The molecule has 2 N–H and O–H groups in total. The zero-order valence-electron chi connectivity index (χ0n) is 13.6. The Morgan fingerprint density at radius 3 is 2.96 bits per heavy atom. The number of likely N-dealkylation sites (tertiary alicyclic amines) is 1. The van der Waals surface area contributed by atoms with Crippen LogP contribution in [0.25, 0.3) is 22.1 Å². The van der Waals surface area contributed by atoms with Gasteiger partial charge in [0.25, 0.3) is 0 Å². The van der Waals surface area contributed by atoms with Gasteiger partial charge in [0.1, 0.15) is 12.1 Å². The molecule has 0 spiro atoms. The van der Waals surface area contributed by atoms with E-state index in [1.54, 1.807) is 23.0 Å². The fourth-order valence-electron chi connectivity index (χ4n) is 3.65. The SMILES string of the molecule is O=C(CC(F)(F)F)N1CCC[C@@H](n2c(=O)[nH]c3cnc4[nH]ccc4c32)C1. The van der Waals surface area contributed by atoms with E-state index in [0.717, 1.165) is 5.39 Å². The van der Waals surface area contributed by atoms with Crippen LogP contribution in [-0.2, 0) is 4.79 Å². The summed E-state index contributed by atoms with van der Waals surface area (Å²) in [6, 6.07) is 1.41. The van der Waals surface area contributed by atoms with Crippen molar-refractivity contribution in [2.75, 3.05) is 13.1 Å². The number of amides is 1. The largest absolute Gasteiger partial charge is 0.397 e. The van der Waals surface area contributed by atoms with Gasteiger partial charge in [0.15, 0.2) is 0 Å². The summed E-state index contributed by atoms with van der Waals surface area (Å²) < 4.78 is 39.1. The summed E-state index contributed by atoms with van der Waals surface area (Å²) in [5.41, 5.74) is 1.47. The summed E-state index contributed by atoms with van der Waals surface area (Å²) in [5, 5.41) is 0.750. The number of nitrogens with one attached hydrogen (secondary N) is 2. The number of hydrogen-bond donors (Lipinski definition) is 2. The molecule has 1 fully saturated rings. The summed E-state index contributed by atoms with van der Waals surface area (Å²) in [5.74, 6) is -0.955. The van der Waals surface area contributed by atoms with Crippen LogP contribution < -0.4 is 5.69 Å². The number of carbonyl (C=O) groups excluding carboxylic acids is 1. The molecule has 1 amide bonds. The Labute approximate surface area is 144 Å². The van der Waals surface area contributed by atoms with Crippen LogP contribution in [0.1, 0.15) is 25.3 Å². The van der Waals surface area contributed by atoms with Crippen LogP contribution in [-0.4, -0.2) is 49.6 Å². The van der Waals surface area contributed by atoms with Gasteiger partial charge >= 0.3 is 11.9 Å². The first-order valence-corrected chi connectivity index (χ1v) is 8.24. The zero-order chi connectivity index (χ0) is 18.5. The third-order valence-corrected chi connectivity index (χ3v) is 4.73. The number of imidazole rings is 1. The van der Waals surface area contributed by atoms with Gasteiger partial charge in [-0.3, -0.25) is 9.36 Å². The van der Waals surface area contributed by atoms with Crippen molar-refractivity contribution in [3.05, 3.63) is 28.9 Å². The normalized spacial score (nSPS) is 18.7. The molecule has 4 heterocycles. The maximum absolute atomic E-state index is 12.5. The molecule has 0 radical (unpaired) electrons. The van der Waals surface area contributed by atoms with Crippen LogP contribution in [0.2, 0.25) is 0 Å². The lowest BCUT2D eigenvalue weighted by Crippen LogP contribution is -2.43. The lowest BCUT2D eigenvalue weighted by molar-refractivity contribution is -0.162. The predicted octanol–water partition coefficient (Wildman–Crippen LogP) is 2.32. The average molecular weight is 367 g/mol. The van der Waals surface area contributed by atoms with E-state index < -0.39 is 18.5 Å². The first-order valence-electron chi connectivity index (χ1n) is 8.24. The van der Waals surface area contributed by atoms with E-state index in [9.17, 15) is 22.8 Å². The van der Waals surface area contributed by atoms with Gasteiger partial charge in [-0.05, 0) is 18.9 Å². The molecule has 138 valence electrons. The minimum Gasteiger partial charge on any atom is -0.346 e. The number of aromatic amines is 2. The Morgan fingerprint density at radius 2 is 2.19 bits per heavy atom. The molecule has 26 heavy (non-hydrogen) atoms. The van der Waals surface area contributed by atoms with Gasteiger partial charge in [0, 0.05) is 24.7 Å². The number of alkyl halides is 3.